The van der Waals surface area contributed by atoms with E-state index in [1.807, 2.05) is 0 Å². The normalized spacial score (nSPS) is 19.7. The fourth-order valence-corrected chi connectivity index (χ4v) is 9.69. The molecule has 1 aliphatic heterocycles. The molecule has 0 aromatic carbocycles. The predicted molar refractivity (Wildman–Crippen MR) is 281 cm³/mol. The van der Waals surface area contributed by atoms with Gasteiger partial charge in [0, 0.05) is 6.42 Å². The molecule has 1 aliphatic rings. The third-order valence-electron chi connectivity index (χ3n) is 14.4. The Morgan fingerprint density at radius 1 is 0.493 bits per heavy atom. The van der Waals surface area contributed by atoms with Gasteiger partial charge in [0.25, 0.3) is 0 Å². The van der Waals surface area contributed by atoms with Crippen molar-refractivity contribution in [2.45, 2.75) is 339 Å². The van der Waals surface area contributed by atoms with Crippen LogP contribution in [0.15, 0.2) is 12.2 Å². The van der Waals surface area contributed by atoms with Crippen molar-refractivity contribution >= 4 is 5.91 Å². The Morgan fingerprint density at radius 2 is 0.836 bits per heavy atom. The van der Waals surface area contributed by atoms with Crippen molar-refractivity contribution in [2.75, 3.05) is 13.2 Å². The lowest BCUT2D eigenvalue weighted by atomic mass is 9.99. The van der Waals surface area contributed by atoms with Crippen LogP contribution in [0, 0.1) is 0 Å². The van der Waals surface area contributed by atoms with Gasteiger partial charge in [-0.15, -0.1) is 0 Å². The standard InChI is InChI=1S/C58H113NO8/c1-3-5-7-9-11-13-15-17-19-21-23-24-25-26-27-28-30-31-33-35-37-39-41-43-45-47-52(61)51(50-66-58-57(65)56(64)55(63)53(49-60)67-58)59-54(62)48-46-44-42-40-38-36-34-32-29-22-20-18-16-14-12-10-8-6-4-2/h18,20,51-53,55-58,60-61,63-65H,3-17,19,21-50H2,1-2H3,(H,59,62)/b20-18-. The van der Waals surface area contributed by atoms with E-state index in [-0.39, 0.29) is 12.5 Å². The number of unbranched alkanes of at least 4 members (excludes halogenated alkanes) is 39. The van der Waals surface area contributed by atoms with Crippen LogP contribution in [0.3, 0.4) is 0 Å². The molecular formula is C58H113NO8. The first-order valence-corrected chi connectivity index (χ1v) is 29.4. The zero-order chi connectivity index (χ0) is 48.7. The summed E-state index contributed by atoms with van der Waals surface area (Å²) in [5.74, 6) is -0.141. The average Bonchev–Trinajstić information content (AvgIpc) is 3.33. The highest BCUT2D eigenvalue weighted by Crippen LogP contribution is 2.23. The van der Waals surface area contributed by atoms with Crippen molar-refractivity contribution in [3.05, 3.63) is 12.2 Å². The Bertz CT molecular complexity index is 1060. The van der Waals surface area contributed by atoms with Crippen LogP contribution in [0.4, 0.5) is 0 Å². The maximum absolute atomic E-state index is 13.1. The summed E-state index contributed by atoms with van der Waals surface area (Å²) in [6.07, 6.45) is 52.4. The Labute approximate surface area is 414 Å². The number of rotatable bonds is 51. The van der Waals surface area contributed by atoms with Crippen LogP contribution in [0.2, 0.25) is 0 Å². The molecule has 7 unspecified atom stereocenters. The van der Waals surface area contributed by atoms with E-state index in [9.17, 15) is 30.3 Å². The molecular weight excluding hydrogens is 839 g/mol. The molecule has 6 N–H and O–H groups in total. The highest BCUT2D eigenvalue weighted by Gasteiger charge is 2.44. The van der Waals surface area contributed by atoms with Crippen LogP contribution in [0.25, 0.3) is 0 Å². The van der Waals surface area contributed by atoms with E-state index in [4.69, 9.17) is 9.47 Å². The number of carbonyl (C=O) groups is 1. The van der Waals surface area contributed by atoms with E-state index in [0.717, 1.165) is 38.5 Å². The highest BCUT2D eigenvalue weighted by molar-refractivity contribution is 5.76. The molecule has 0 aromatic rings. The summed E-state index contributed by atoms with van der Waals surface area (Å²) >= 11 is 0. The lowest BCUT2D eigenvalue weighted by Gasteiger charge is -2.40. The van der Waals surface area contributed by atoms with Gasteiger partial charge in [-0.05, 0) is 38.5 Å². The van der Waals surface area contributed by atoms with Crippen LogP contribution < -0.4 is 5.32 Å². The van der Waals surface area contributed by atoms with Gasteiger partial charge in [-0.25, -0.2) is 0 Å². The van der Waals surface area contributed by atoms with E-state index in [0.29, 0.717) is 12.8 Å². The molecule has 0 radical (unpaired) electrons. The van der Waals surface area contributed by atoms with Crippen LogP contribution in [-0.4, -0.2) is 87.5 Å². The summed E-state index contributed by atoms with van der Waals surface area (Å²) in [5.41, 5.74) is 0. The molecule has 398 valence electrons. The molecule has 1 rings (SSSR count). The summed E-state index contributed by atoms with van der Waals surface area (Å²) in [7, 11) is 0. The quantitative estimate of drug-likeness (QED) is 0.0261. The lowest BCUT2D eigenvalue weighted by molar-refractivity contribution is -0.302. The smallest absolute Gasteiger partial charge is 0.220 e. The topological polar surface area (TPSA) is 149 Å². The van der Waals surface area contributed by atoms with Crippen molar-refractivity contribution < 1.29 is 39.8 Å². The summed E-state index contributed by atoms with van der Waals surface area (Å²) in [6.45, 7) is 3.87. The molecule has 1 saturated heterocycles. The summed E-state index contributed by atoms with van der Waals surface area (Å²) in [4.78, 5) is 13.1. The Hall–Kier alpha value is -1.07. The number of carbonyl (C=O) groups excluding carboxylic acids is 1. The van der Waals surface area contributed by atoms with Crippen LogP contribution in [0.5, 0.6) is 0 Å². The molecule has 67 heavy (non-hydrogen) atoms. The number of hydrogen-bond donors (Lipinski definition) is 6. The minimum Gasteiger partial charge on any atom is -0.394 e. The van der Waals surface area contributed by atoms with E-state index < -0.39 is 49.5 Å². The second-order valence-electron chi connectivity index (χ2n) is 20.8. The molecule has 0 saturated carbocycles. The minimum absolute atomic E-state index is 0.134. The Kier molecular flexibility index (Phi) is 46.3. The van der Waals surface area contributed by atoms with Crippen LogP contribution >= 0.6 is 0 Å². The molecule has 0 aromatic heterocycles. The lowest BCUT2D eigenvalue weighted by Crippen LogP contribution is -2.60. The molecule has 0 spiro atoms. The monoisotopic (exact) mass is 952 g/mol. The molecule has 1 heterocycles. The predicted octanol–water partition coefficient (Wildman–Crippen LogP) is 14.4. The van der Waals surface area contributed by atoms with Crippen molar-refractivity contribution in [3.8, 4) is 0 Å². The van der Waals surface area contributed by atoms with Crippen molar-refractivity contribution in [2.24, 2.45) is 0 Å². The van der Waals surface area contributed by atoms with Gasteiger partial charge in [-0.1, -0.05) is 264 Å². The molecule has 1 fully saturated rings. The first kappa shape index (κ1) is 63.9. The van der Waals surface area contributed by atoms with E-state index in [1.54, 1.807) is 0 Å². The first-order valence-electron chi connectivity index (χ1n) is 29.4. The van der Waals surface area contributed by atoms with Gasteiger partial charge >= 0.3 is 0 Å². The molecule has 9 nitrogen and oxygen atoms in total. The Morgan fingerprint density at radius 3 is 1.21 bits per heavy atom. The Balaban J connectivity index is 2.19. The SMILES string of the molecule is CCCCCCCC/C=C\CCCCCCCCCCCC(=O)NC(COC1OC(CO)C(O)C(O)C1O)C(O)CCCCCCCCCCCCCCCCCCCCCCCCCCC. The summed E-state index contributed by atoms with van der Waals surface area (Å²) in [5, 5.41) is 54.7. The van der Waals surface area contributed by atoms with Gasteiger partial charge in [-0.3, -0.25) is 4.79 Å². The maximum Gasteiger partial charge on any atom is 0.220 e. The van der Waals surface area contributed by atoms with Gasteiger partial charge in [0.05, 0.1) is 25.4 Å². The fraction of sp³-hybridized carbons (Fsp3) is 0.948. The number of allylic oxidation sites excluding steroid dienone is 2. The first-order chi connectivity index (χ1) is 32.8. The van der Waals surface area contributed by atoms with Crippen molar-refractivity contribution in [3.63, 3.8) is 0 Å². The molecule has 7 atom stereocenters. The van der Waals surface area contributed by atoms with E-state index in [1.165, 1.54) is 231 Å². The number of aliphatic hydroxyl groups is 5. The fourth-order valence-electron chi connectivity index (χ4n) is 9.69. The number of ether oxygens (including phenoxy) is 2. The number of amides is 1. The third kappa shape index (κ3) is 38.3. The average molecular weight is 953 g/mol. The van der Waals surface area contributed by atoms with E-state index >= 15 is 0 Å². The van der Waals surface area contributed by atoms with Gasteiger partial charge in [0.1, 0.15) is 24.4 Å². The minimum atomic E-state index is -1.55. The van der Waals surface area contributed by atoms with Gasteiger partial charge in [0.2, 0.25) is 5.91 Å². The molecule has 0 aliphatic carbocycles. The third-order valence-corrected chi connectivity index (χ3v) is 14.4. The second kappa shape index (κ2) is 48.6. The summed E-state index contributed by atoms with van der Waals surface area (Å²) in [6, 6.07) is -0.718. The largest absolute Gasteiger partial charge is 0.394 e. The van der Waals surface area contributed by atoms with Crippen LogP contribution in [-0.2, 0) is 14.3 Å². The van der Waals surface area contributed by atoms with Crippen molar-refractivity contribution in [1.82, 2.24) is 5.32 Å². The second-order valence-corrected chi connectivity index (χ2v) is 20.8. The van der Waals surface area contributed by atoms with Gasteiger partial charge < -0.3 is 40.3 Å². The zero-order valence-corrected chi connectivity index (χ0v) is 44.2. The van der Waals surface area contributed by atoms with Gasteiger partial charge in [-0.2, -0.15) is 0 Å². The van der Waals surface area contributed by atoms with Gasteiger partial charge in [0.15, 0.2) is 6.29 Å². The number of hydrogen-bond acceptors (Lipinski definition) is 8. The molecule has 9 heteroatoms. The van der Waals surface area contributed by atoms with Crippen molar-refractivity contribution in [1.29, 1.82) is 0 Å². The zero-order valence-electron chi connectivity index (χ0n) is 44.2. The molecule has 0 bridgehead atoms. The molecule has 1 amide bonds. The number of nitrogens with one attached hydrogen (secondary N) is 1. The van der Waals surface area contributed by atoms with E-state index in [2.05, 4.69) is 31.3 Å². The highest BCUT2D eigenvalue weighted by atomic mass is 16.7. The maximum atomic E-state index is 13.1. The number of aliphatic hydroxyl groups excluding tert-OH is 5. The van der Waals surface area contributed by atoms with Crippen LogP contribution in [0.1, 0.15) is 296 Å². The summed E-state index contributed by atoms with van der Waals surface area (Å²) < 4.78 is 11.3.